The van der Waals surface area contributed by atoms with Crippen LogP contribution in [0.1, 0.15) is 162 Å². The molecule has 0 saturated carbocycles. The summed E-state index contributed by atoms with van der Waals surface area (Å²) in [6.07, 6.45) is 0. The Morgan fingerprint density at radius 2 is 0.449 bits per heavy atom. The maximum Gasteiger partial charge on any atom is 3.00 e. The quantitative estimate of drug-likeness (QED) is 0.166. The van der Waals surface area contributed by atoms with Gasteiger partial charge in [-0.05, 0) is 257 Å². The maximum atomic E-state index is 5.09. The normalized spacial score (nSPS) is 11.3. The Bertz CT molecular complexity index is 3810. The van der Waals surface area contributed by atoms with Gasteiger partial charge in [-0.15, -0.1) is 102 Å². The summed E-state index contributed by atoms with van der Waals surface area (Å²) in [5.74, 6) is 0. The largest absolute Gasteiger partial charge is 3.00 e. The van der Waals surface area contributed by atoms with E-state index >= 15 is 0 Å². The van der Waals surface area contributed by atoms with Crippen molar-refractivity contribution in [2.45, 2.75) is 201 Å². The van der Waals surface area contributed by atoms with E-state index in [-0.39, 0.29) is 20.1 Å². The number of hydrogen-bond donors (Lipinski definition) is 0. The number of benzene rings is 6. The molecule has 0 N–H and O–H groups in total. The van der Waals surface area contributed by atoms with E-state index in [1.807, 2.05) is 0 Å². The van der Waals surface area contributed by atoms with Gasteiger partial charge < -0.3 is 15.0 Å². The van der Waals surface area contributed by atoms with Crippen molar-refractivity contribution in [1.29, 1.82) is 0 Å². The van der Waals surface area contributed by atoms with Crippen LogP contribution in [0, 0.1) is 219 Å². The molecular formula is C74H88IrN3. The minimum atomic E-state index is 0. The molecule has 0 aliphatic carbocycles. The van der Waals surface area contributed by atoms with Crippen LogP contribution in [-0.4, -0.2) is 15.0 Å². The van der Waals surface area contributed by atoms with Gasteiger partial charge >= 0.3 is 20.1 Å². The number of hydrogen-bond acceptors (Lipinski definition) is 3. The Labute approximate surface area is 484 Å². The monoisotopic (exact) mass is 1210 g/mol. The molecule has 0 atom stereocenters. The van der Waals surface area contributed by atoms with Crippen LogP contribution in [0.3, 0.4) is 0 Å². The molecule has 0 radical (unpaired) electrons. The van der Waals surface area contributed by atoms with Gasteiger partial charge in [-0.2, -0.15) is 0 Å². The van der Waals surface area contributed by atoms with Gasteiger partial charge in [0.05, 0.1) is 0 Å². The third-order valence-corrected chi connectivity index (χ3v) is 19.6. The van der Waals surface area contributed by atoms with E-state index in [2.05, 4.69) is 225 Å². The van der Waals surface area contributed by atoms with Gasteiger partial charge in [-0.25, -0.2) is 0 Å². The summed E-state index contributed by atoms with van der Waals surface area (Å²) < 4.78 is 0. The number of nitrogens with zero attached hydrogens (tertiary/aromatic N) is 3. The summed E-state index contributed by atoms with van der Waals surface area (Å²) in [6.45, 7) is 63.9. The van der Waals surface area contributed by atoms with Crippen LogP contribution in [0.5, 0.6) is 0 Å². The summed E-state index contributed by atoms with van der Waals surface area (Å²) in [5.41, 5.74) is 44.5. The molecule has 6 aromatic carbocycles. The number of aromatic nitrogens is 3. The van der Waals surface area contributed by atoms with Crippen molar-refractivity contribution < 1.29 is 20.1 Å². The van der Waals surface area contributed by atoms with E-state index in [1.165, 1.54) is 177 Å². The van der Waals surface area contributed by atoms with E-state index in [4.69, 9.17) is 15.0 Å². The molecule has 0 amide bonds. The average Bonchev–Trinajstić information content (AvgIpc) is 3.40. The fraction of sp³-hybridized carbons (Fsp3) is 0.392. The molecule has 0 bridgehead atoms. The van der Waals surface area contributed by atoms with E-state index in [0.717, 1.165) is 50.9 Å². The molecule has 9 rings (SSSR count). The summed E-state index contributed by atoms with van der Waals surface area (Å²) in [6, 6.07) is 13.2. The van der Waals surface area contributed by atoms with Crippen LogP contribution >= 0.6 is 0 Å². The first kappa shape index (κ1) is 61.4. The Morgan fingerprint density at radius 3 is 0.731 bits per heavy atom. The fourth-order valence-corrected chi connectivity index (χ4v) is 12.1. The second-order valence-corrected chi connectivity index (χ2v) is 23.4. The smallest absolute Gasteiger partial charge is 0.301 e. The first-order valence-electron chi connectivity index (χ1n) is 27.9. The molecule has 0 fully saturated rings. The zero-order valence-electron chi connectivity index (χ0n) is 53.3. The molecule has 3 heterocycles. The van der Waals surface area contributed by atoms with Crippen molar-refractivity contribution in [2.75, 3.05) is 0 Å². The van der Waals surface area contributed by atoms with E-state index in [9.17, 15) is 0 Å². The van der Waals surface area contributed by atoms with Crippen LogP contribution in [0.25, 0.3) is 66.1 Å². The molecule has 0 unspecified atom stereocenters. The zero-order chi connectivity index (χ0) is 57.6. The van der Waals surface area contributed by atoms with Crippen molar-refractivity contribution in [3.63, 3.8) is 0 Å². The predicted octanol–water partition coefficient (Wildman–Crippen LogP) is 20.0. The van der Waals surface area contributed by atoms with Crippen LogP contribution in [0.15, 0.2) is 6.07 Å². The van der Waals surface area contributed by atoms with Gasteiger partial charge in [0, 0.05) is 17.1 Å². The van der Waals surface area contributed by atoms with E-state index in [1.54, 1.807) is 0 Å². The van der Waals surface area contributed by atoms with Gasteiger partial charge in [-0.3, -0.25) is 0 Å². The Balaban J connectivity index is 0.000000188. The molecule has 0 spiro atoms. The third-order valence-electron chi connectivity index (χ3n) is 19.6. The van der Waals surface area contributed by atoms with E-state index < -0.39 is 0 Å². The predicted molar refractivity (Wildman–Crippen MR) is 335 cm³/mol. The molecular weight excluding hydrogens is 1120 g/mol. The SMILES string of the molecule is Cc1[c-]c(-c2nc(C)c(C)c3c(C)c(C)c(C)c(C)c23)c(C)c(C)c1C.Cc1[c-]c(-c2nc(C)c(C)c3c(C)c(C)c(C)c(C)c23)c(C)c(C)c1C.Cc1[c-]c(-c2nc(C)c(C)c3c(C)c(C)c(C)c(C)c23)c(C)cc1C.[Ir+3]. The molecule has 9 aromatic rings. The summed E-state index contributed by atoms with van der Waals surface area (Å²) in [4.78, 5) is 15.2. The van der Waals surface area contributed by atoms with Crippen molar-refractivity contribution in [2.24, 2.45) is 0 Å². The molecule has 408 valence electrons. The Morgan fingerprint density at radius 1 is 0.218 bits per heavy atom. The average molecular weight is 1210 g/mol. The van der Waals surface area contributed by atoms with Gasteiger partial charge in [0.25, 0.3) is 0 Å². The molecule has 4 heteroatoms. The second kappa shape index (κ2) is 22.7. The molecule has 3 aromatic heterocycles. The van der Waals surface area contributed by atoms with Crippen LogP contribution < -0.4 is 0 Å². The second-order valence-electron chi connectivity index (χ2n) is 23.4. The first-order valence-corrected chi connectivity index (χ1v) is 27.9. The van der Waals surface area contributed by atoms with Gasteiger partial charge in [-0.1, -0.05) is 76.2 Å². The van der Waals surface area contributed by atoms with Crippen molar-refractivity contribution >= 4 is 32.3 Å². The maximum absolute atomic E-state index is 5.09. The first-order chi connectivity index (χ1) is 35.8. The molecule has 3 nitrogen and oxygen atoms in total. The minimum absolute atomic E-state index is 0. The van der Waals surface area contributed by atoms with Crippen molar-refractivity contribution in [1.82, 2.24) is 15.0 Å². The number of aryl methyl sites for hydroxylation is 17. The van der Waals surface area contributed by atoms with Gasteiger partial charge in [0.1, 0.15) is 0 Å². The van der Waals surface area contributed by atoms with Crippen LogP contribution in [0.4, 0.5) is 0 Å². The standard InChI is InChI=1S/2C25H30N.C24H28N.Ir/c2*1-12-11-22(17(6)14(3)13(12)2)25-24-19(8)16(5)15(4)18(7)23(24)20(9)21(10)26-25;1-12-10-14(3)21(11-13(12)2)24-23-18(7)16(5)15(4)17(6)22(23)19(8)20(9)25-24;/h2*1-10H3;10H,1-9H3;/q3*-1;+3. The number of fused-ring (bicyclic) bond motifs is 3. The number of rotatable bonds is 3. The zero-order valence-corrected chi connectivity index (χ0v) is 55.6. The molecule has 0 aliphatic rings. The van der Waals surface area contributed by atoms with Crippen LogP contribution in [-0.2, 0) is 20.1 Å². The summed E-state index contributed by atoms with van der Waals surface area (Å²) in [5, 5.41) is 8.01. The van der Waals surface area contributed by atoms with Gasteiger partial charge in [0.2, 0.25) is 0 Å². The van der Waals surface area contributed by atoms with Crippen molar-refractivity contribution in [3.8, 4) is 33.8 Å². The molecule has 0 saturated heterocycles. The van der Waals surface area contributed by atoms with Crippen molar-refractivity contribution in [3.05, 3.63) is 186 Å². The summed E-state index contributed by atoms with van der Waals surface area (Å²) >= 11 is 0. The Kier molecular flexibility index (Phi) is 17.9. The molecule has 0 aliphatic heterocycles. The van der Waals surface area contributed by atoms with Crippen LogP contribution in [0.2, 0.25) is 0 Å². The van der Waals surface area contributed by atoms with Gasteiger partial charge in [0.15, 0.2) is 0 Å². The fourth-order valence-electron chi connectivity index (χ4n) is 12.1. The van der Waals surface area contributed by atoms with E-state index in [0.29, 0.717) is 0 Å². The number of pyridine rings is 3. The third kappa shape index (κ3) is 10.1. The topological polar surface area (TPSA) is 38.7 Å². The summed E-state index contributed by atoms with van der Waals surface area (Å²) in [7, 11) is 0. The molecule has 78 heavy (non-hydrogen) atoms. The minimum Gasteiger partial charge on any atom is -0.301 e. The Hall–Kier alpha value is -5.80.